The average molecular weight is 104 g/mol. The van der Waals surface area contributed by atoms with Gasteiger partial charge in [0, 0.05) is 0 Å². The summed E-state index contributed by atoms with van der Waals surface area (Å²) < 4.78 is 10.5. The van der Waals surface area contributed by atoms with E-state index in [1.165, 1.54) is 0 Å². The number of hydrogen-bond acceptors (Lipinski definition) is 1. The Kier molecular flexibility index (Phi) is 17.7. The molecule has 0 bridgehead atoms. The summed E-state index contributed by atoms with van der Waals surface area (Å²) in [5, 5.41) is 7.50. The Morgan fingerprint density at radius 1 is 1.60 bits per heavy atom. The average Bonchev–Trinajstić information content (AvgIpc) is 1.37. The molecule has 0 heterocycles. The molecule has 3 heteroatoms. The van der Waals surface area contributed by atoms with Crippen molar-refractivity contribution >= 4 is 51.4 Å². The second-order valence-corrected chi connectivity index (χ2v) is 0.413. The van der Waals surface area contributed by atoms with Gasteiger partial charge in [0.2, 0.25) is 0 Å². The summed E-state index contributed by atoms with van der Waals surface area (Å²) in [7, 11) is 0. The van der Waals surface area contributed by atoms with Crippen molar-refractivity contribution in [1.29, 1.82) is 0 Å². The third kappa shape index (κ3) is 10.8. The van der Waals surface area contributed by atoms with Crippen molar-refractivity contribution in [2.24, 2.45) is 0 Å². The molecule has 1 nitrogen and oxygen atoms in total. The molecule has 0 saturated carbocycles. The topological polar surface area (TPSA) is 20.2 Å². The van der Waals surface area contributed by atoms with Crippen molar-refractivity contribution in [3.05, 3.63) is 0 Å². The summed E-state index contributed by atoms with van der Waals surface area (Å²) in [6.45, 7) is -0.972. The van der Waals surface area contributed by atoms with Gasteiger partial charge >= 0.3 is 51.4 Å². The van der Waals surface area contributed by atoms with Crippen LogP contribution in [0.2, 0.25) is 0 Å². The Morgan fingerprint density at radius 2 is 1.80 bits per heavy atom. The third-order valence-corrected chi connectivity index (χ3v) is 0.0845. The zero-order valence-corrected chi connectivity index (χ0v) is 2.24. The van der Waals surface area contributed by atoms with Crippen molar-refractivity contribution in [3.8, 4) is 0 Å². The fourth-order valence-corrected chi connectivity index (χ4v) is 0. The van der Waals surface area contributed by atoms with E-state index in [1.807, 2.05) is 0 Å². The van der Waals surface area contributed by atoms with E-state index >= 15 is 0 Å². The molecular formula is C2H6FKO. The minimum absolute atomic E-state index is 0. The van der Waals surface area contributed by atoms with E-state index in [4.69, 9.17) is 5.11 Å². The van der Waals surface area contributed by atoms with E-state index in [9.17, 15) is 4.39 Å². The van der Waals surface area contributed by atoms with Crippen LogP contribution in [-0.4, -0.2) is 69.8 Å². The maximum atomic E-state index is 10.5. The van der Waals surface area contributed by atoms with Crippen LogP contribution in [0, 0.1) is 0 Å². The number of rotatable bonds is 1. The van der Waals surface area contributed by atoms with Crippen LogP contribution in [0.4, 0.5) is 4.39 Å². The Bertz CT molecular complexity index is 11.6. The van der Waals surface area contributed by atoms with Crippen LogP contribution in [0.3, 0.4) is 0 Å². The van der Waals surface area contributed by atoms with Crippen LogP contribution in [0.15, 0.2) is 0 Å². The van der Waals surface area contributed by atoms with Crippen LogP contribution in [-0.2, 0) is 0 Å². The van der Waals surface area contributed by atoms with Crippen LogP contribution in [0.5, 0.6) is 0 Å². The molecule has 0 aliphatic heterocycles. The summed E-state index contributed by atoms with van der Waals surface area (Å²) in [5.41, 5.74) is 0. The van der Waals surface area contributed by atoms with Crippen molar-refractivity contribution < 1.29 is 9.50 Å². The van der Waals surface area contributed by atoms with Crippen LogP contribution >= 0.6 is 0 Å². The van der Waals surface area contributed by atoms with Gasteiger partial charge in [-0.1, -0.05) is 0 Å². The summed E-state index contributed by atoms with van der Waals surface area (Å²) in [6, 6.07) is 0. The van der Waals surface area contributed by atoms with Crippen LogP contribution < -0.4 is 0 Å². The van der Waals surface area contributed by atoms with Crippen molar-refractivity contribution in [2.45, 2.75) is 0 Å². The van der Waals surface area contributed by atoms with Crippen LogP contribution in [0.1, 0.15) is 0 Å². The first-order valence-electron chi connectivity index (χ1n) is 1.08. The molecule has 28 valence electrons. The Labute approximate surface area is 73.0 Å². The van der Waals surface area contributed by atoms with Crippen molar-refractivity contribution in [2.75, 3.05) is 13.3 Å². The monoisotopic (exact) mass is 104 g/mol. The molecule has 0 aliphatic rings. The molecule has 0 aromatic rings. The Morgan fingerprint density at radius 3 is 1.80 bits per heavy atom. The molecule has 0 spiro atoms. The van der Waals surface area contributed by atoms with Crippen molar-refractivity contribution in [3.63, 3.8) is 0 Å². The fourth-order valence-electron chi connectivity index (χ4n) is 0. The summed E-state index contributed by atoms with van der Waals surface area (Å²) in [6.07, 6.45) is 0. The molecule has 0 aromatic carbocycles. The first-order chi connectivity index (χ1) is 1.91. The Hall–Kier alpha value is 1.53. The fraction of sp³-hybridized carbons (Fsp3) is 1.00. The van der Waals surface area contributed by atoms with Gasteiger partial charge in [0.05, 0.1) is 6.61 Å². The zero-order chi connectivity index (χ0) is 3.41. The van der Waals surface area contributed by atoms with Gasteiger partial charge in [-0.25, -0.2) is 4.39 Å². The predicted octanol–water partition coefficient (Wildman–Crippen LogP) is -0.700. The van der Waals surface area contributed by atoms with Gasteiger partial charge < -0.3 is 5.11 Å². The standard InChI is InChI=1S/C2H5FO.K.H/c3-1-2-4;;/h4H,1-2H2;;. The molecular weight excluding hydrogens is 98.1 g/mol. The molecule has 0 aliphatic carbocycles. The van der Waals surface area contributed by atoms with Gasteiger partial charge in [0.15, 0.2) is 0 Å². The van der Waals surface area contributed by atoms with E-state index in [0.717, 1.165) is 0 Å². The molecule has 0 rings (SSSR count). The summed E-state index contributed by atoms with van der Waals surface area (Å²) in [4.78, 5) is 0. The minimum atomic E-state index is -0.625. The van der Waals surface area contributed by atoms with Gasteiger partial charge in [0.25, 0.3) is 0 Å². The summed E-state index contributed by atoms with van der Waals surface area (Å²) >= 11 is 0. The molecule has 0 unspecified atom stereocenters. The molecule has 1 N–H and O–H groups in total. The number of aliphatic hydroxyl groups excluding tert-OH is 1. The summed E-state index contributed by atoms with van der Waals surface area (Å²) in [5.74, 6) is 0. The molecule has 5 heavy (non-hydrogen) atoms. The van der Waals surface area contributed by atoms with E-state index in [0.29, 0.717) is 0 Å². The van der Waals surface area contributed by atoms with Crippen LogP contribution in [0.25, 0.3) is 0 Å². The van der Waals surface area contributed by atoms with Gasteiger partial charge in [-0.15, -0.1) is 0 Å². The quantitative estimate of drug-likeness (QED) is 0.436. The van der Waals surface area contributed by atoms with E-state index in [-0.39, 0.29) is 58.0 Å². The number of aliphatic hydroxyl groups is 1. The number of halogens is 1. The second-order valence-electron chi connectivity index (χ2n) is 0.413. The zero-order valence-electron chi connectivity index (χ0n) is 2.24. The van der Waals surface area contributed by atoms with E-state index in [2.05, 4.69) is 0 Å². The van der Waals surface area contributed by atoms with Gasteiger partial charge in [-0.2, -0.15) is 0 Å². The van der Waals surface area contributed by atoms with Gasteiger partial charge in [-0.3, -0.25) is 0 Å². The van der Waals surface area contributed by atoms with Gasteiger partial charge in [-0.05, 0) is 0 Å². The third-order valence-electron chi connectivity index (χ3n) is 0.0845. The van der Waals surface area contributed by atoms with Crippen molar-refractivity contribution in [1.82, 2.24) is 0 Å². The number of alkyl halides is 1. The Balaban J connectivity index is 0. The van der Waals surface area contributed by atoms with Gasteiger partial charge in [0.1, 0.15) is 6.67 Å². The molecule has 0 atom stereocenters. The molecule has 0 aromatic heterocycles. The molecule has 0 amide bonds. The molecule has 0 radical (unpaired) electrons. The maximum absolute atomic E-state index is 10.5. The SMILES string of the molecule is OCCF.[KH]. The molecule has 0 saturated heterocycles. The number of hydrogen-bond donors (Lipinski definition) is 1. The first kappa shape index (κ1) is 9.73. The van der Waals surface area contributed by atoms with E-state index in [1.54, 1.807) is 0 Å². The normalized spacial score (nSPS) is 6.00. The predicted molar refractivity (Wildman–Crippen MR) is 20.2 cm³/mol. The first-order valence-corrected chi connectivity index (χ1v) is 1.08. The second kappa shape index (κ2) is 9.11. The molecule has 0 fully saturated rings. The van der Waals surface area contributed by atoms with E-state index < -0.39 is 6.67 Å².